The van der Waals surface area contributed by atoms with Gasteiger partial charge in [0.1, 0.15) is 0 Å². The number of aryl methyl sites for hydroxylation is 2. The van der Waals surface area contributed by atoms with E-state index in [1.165, 1.54) is 5.56 Å². The van der Waals surface area contributed by atoms with E-state index in [2.05, 4.69) is 15.5 Å². The number of aliphatic hydroxyl groups is 1. The summed E-state index contributed by atoms with van der Waals surface area (Å²) in [7, 11) is 0. The van der Waals surface area contributed by atoms with Crippen molar-refractivity contribution in [3.63, 3.8) is 0 Å². The van der Waals surface area contributed by atoms with Crippen molar-refractivity contribution in [2.75, 3.05) is 6.61 Å². The highest BCUT2D eigenvalue weighted by Crippen LogP contribution is 2.16. The molecule has 16 heavy (non-hydrogen) atoms. The standard InChI is InChI=1S/C11H14N4O/c1-9-4-2-5-10(8-9)11-12-13-14-15(11)6-3-7-16/h2,4-5,8,16H,3,6-7H2,1H3. The average Bonchev–Trinajstić information content (AvgIpc) is 2.74. The van der Waals surface area contributed by atoms with Gasteiger partial charge in [-0.1, -0.05) is 23.8 Å². The summed E-state index contributed by atoms with van der Waals surface area (Å²) < 4.78 is 1.71. The molecule has 0 aliphatic carbocycles. The first-order valence-electron chi connectivity index (χ1n) is 5.25. The van der Waals surface area contributed by atoms with Gasteiger partial charge in [-0.15, -0.1) is 5.10 Å². The van der Waals surface area contributed by atoms with Gasteiger partial charge in [-0.3, -0.25) is 0 Å². The van der Waals surface area contributed by atoms with E-state index in [1.54, 1.807) is 4.68 Å². The topological polar surface area (TPSA) is 63.8 Å². The normalized spacial score (nSPS) is 10.6. The molecule has 0 bridgehead atoms. The van der Waals surface area contributed by atoms with Crippen molar-refractivity contribution < 1.29 is 5.11 Å². The van der Waals surface area contributed by atoms with Crippen LogP contribution < -0.4 is 0 Å². The number of aliphatic hydroxyl groups excluding tert-OH is 1. The number of aromatic nitrogens is 4. The highest BCUT2D eigenvalue weighted by molar-refractivity contribution is 5.55. The molecule has 0 saturated heterocycles. The molecular weight excluding hydrogens is 204 g/mol. The average molecular weight is 218 g/mol. The van der Waals surface area contributed by atoms with Crippen molar-refractivity contribution in [2.45, 2.75) is 19.9 Å². The first kappa shape index (κ1) is 10.8. The van der Waals surface area contributed by atoms with Crippen LogP contribution in [0.25, 0.3) is 11.4 Å². The van der Waals surface area contributed by atoms with Crippen LogP contribution in [-0.4, -0.2) is 31.9 Å². The lowest BCUT2D eigenvalue weighted by atomic mass is 10.1. The first-order valence-corrected chi connectivity index (χ1v) is 5.25. The molecule has 0 radical (unpaired) electrons. The second kappa shape index (κ2) is 4.85. The Hall–Kier alpha value is -1.75. The molecular formula is C11H14N4O. The number of rotatable bonds is 4. The van der Waals surface area contributed by atoms with Gasteiger partial charge in [-0.25, -0.2) is 4.68 Å². The largest absolute Gasteiger partial charge is 0.396 e. The molecule has 0 spiro atoms. The molecule has 0 aliphatic heterocycles. The SMILES string of the molecule is Cc1cccc(-c2nnnn2CCCO)c1. The van der Waals surface area contributed by atoms with Crippen LogP contribution in [0.1, 0.15) is 12.0 Å². The molecule has 2 aromatic rings. The predicted octanol–water partition coefficient (Wildman–Crippen LogP) is 1.03. The summed E-state index contributed by atoms with van der Waals surface area (Å²) in [5.74, 6) is 0.747. The molecule has 0 aliphatic rings. The highest BCUT2D eigenvalue weighted by atomic mass is 16.3. The predicted molar refractivity (Wildman–Crippen MR) is 59.7 cm³/mol. The summed E-state index contributed by atoms with van der Waals surface area (Å²) in [5, 5.41) is 20.4. The summed E-state index contributed by atoms with van der Waals surface area (Å²) in [6, 6.07) is 8.04. The third kappa shape index (κ3) is 2.25. The van der Waals surface area contributed by atoms with Gasteiger partial charge in [0, 0.05) is 18.7 Å². The van der Waals surface area contributed by atoms with E-state index in [1.807, 2.05) is 31.2 Å². The minimum absolute atomic E-state index is 0.146. The fraction of sp³-hybridized carbons (Fsp3) is 0.364. The molecule has 5 nitrogen and oxygen atoms in total. The van der Waals surface area contributed by atoms with Crippen LogP contribution in [0.3, 0.4) is 0 Å². The Labute approximate surface area is 93.7 Å². The van der Waals surface area contributed by atoms with E-state index < -0.39 is 0 Å². The minimum Gasteiger partial charge on any atom is -0.396 e. The van der Waals surface area contributed by atoms with Gasteiger partial charge in [-0.2, -0.15) is 0 Å². The summed E-state index contributed by atoms with van der Waals surface area (Å²) in [5.41, 5.74) is 2.18. The van der Waals surface area contributed by atoms with Gasteiger partial charge in [0.2, 0.25) is 0 Å². The maximum absolute atomic E-state index is 8.79. The molecule has 84 valence electrons. The van der Waals surface area contributed by atoms with Crippen LogP contribution in [0.5, 0.6) is 0 Å². The quantitative estimate of drug-likeness (QED) is 0.832. The molecule has 0 saturated carbocycles. The van der Waals surface area contributed by atoms with Crippen molar-refractivity contribution in [1.29, 1.82) is 0 Å². The molecule has 1 N–H and O–H groups in total. The zero-order chi connectivity index (χ0) is 11.4. The molecule has 5 heteroatoms. The third-order valence-corrected chi connectivity index (χ3v) is 2.34. The summed E-state index contributed by atoms with van der Waals surface area (Å²) in [4.78, 5) is 0. The van der Waals surface area contributed by atoms with Crippen LogP contribution in [-0.2, 0) is 6.54 Å². The lowest BCUT2D eigenvalue weighted by Gasteiger charge is -2.03. The molecule has 1 aromatic carbocycles. The van der Waals surface area contributed by atoms with Crippen LogP contribution >= 0.6 is 0 Å². The van der Waals surface area contributed by atoms with Gasteiger partial charge in [0.05, 0.1) is 0 Å². The van der Waals surface area contributed by atoms with Gasteiger partial charge >= 0.3 is 0 Å². The van der Waals surface area contributed by atoms with Crippen LogP contribution in [0.4, 0.5) is 0 Å². The smallest absolute Gasteiger partial charge is 0.182 e. The first-order chi connectivity index (χ1) is 7.81. The lowest BCUT2D eigenvalue weighted by molar-refractivity contribution is 0.276. The third-order valence-electron chi connectivity index (χ3n) is 2.34. The Morgan fingerprint density at radius 2 is 2.25 bits per heavy atom. The molecule has 1 heterocycles. The molecule has 0 unspecified atom stereocenters. The van der Waals surface area contributed by atoms with Crippen LogP contribution in [0, 0.1) is 6.92 Å². The van der Waals surface area contributed by atoms with E-state index in [9.17, 15) is 0 Å². The summed E-state index contributed by atoms with van der Waals surface area (Å²) in [6.45, 7) is 2.81. The fourth-order valence-corrected chi connectivity index (χ4v) is 1.57. The van der Waals surface area contributed by atoms with Crippen LogP contribution in [0.2, 0.25) is 0 Å². The van der Waals surface area contributed by atoms with E-state index in [4.69, 9.17) is 5.11 Å². The maximum Gasteiger partial charge on any atom is 0.182 e. The fourth-order valence-electron chi connectivity index (χ4n) is 1.57. The lowest BCUT2D eigenvalue weighted by Crippen LogP contribution is -2.04. The van der Waals surface area contributed by atoms with Gasteiger partial charge in [-0.05, 0) is 29.8 Å². The molecule has 2 rings (SSSR count). The van der Waals surface area contributed by atoms with Gasteiger partial charge < -0.3 is 5.11 Å². The Morgan fingerprint density at radius 3 is 3.00 bits per heavy atom. The number of benzene rings is 1. The van der Waals surface area contributed by atoms with Gasteiger partial charge in [0.15, 0.2) is 5.82 Å². The summed E-state index contributed by atoms with van der Waals surface area (Å²) in [6.07, 6.45) is 0.657. The molecule has 1 aromatic heterocycles. The highest BCUT2D eigenvalue weighted by Gasteiger charge is 2.07. The van der Waals surface area contributed by atoms with Crippen molar-refractivity contribution in [1.82, 2.24) is 20.2 Å². The Bertz CT molecular complexity index is 467. The van der Waals surface area contributed by atoms with Crippen LogP contribution in [0.15, 0.2) is 24.3 Å². The van der Waals surface area contributed by atoms with Crippen molar-refractivity contribution in [2.24, 2.45) is 0 Å². The number of tetrazole rings is 1. The zero-order valence-corrected chi connectivity index (χ0v) is 9.17. The van der Waals surface area contributed by atoms with E-state index >= 15 is 0 Å². The number of hydrogen-bond donors (Lipinski definition) is 1. The number of hydrogen-bond acceptors (Lipinski definition) is 4. The molecule has 0 fully saturated rings. The Kier molecular flexibility index (Phi) is 3.26. The van der Waals surface area contributed by atoms with Gasteiger partial charge in [0.25, 0.3) is 0 Å². The monoisotopic (exact) mass is 218 g/mol. The number of nitrogens with zero attached hydrogens (tertiary/aromatic N) is 4. The van der Waals surface area contributed by atoms with Crippen molar-refractivity contribution in [3.05, 3.63) is 29.8 Å². The minimum atomic E-state index is 0.146. The molecule has 0 atom stereocenters. The Morgan fingerprint density at radius 1 is 1.38 bits per heavy atom. The second-order valence-electron chi connectivity index (χ2n) is 3.67. The van der Waals surface area contributed by atoms with E-state index in [0.717, 1.165) is 11.4 Å². The van der Waals surface area contributed by atoms with Crippen molar-refractivity contribution >= 4 is 0 Å². The zero-order valence-electron chi connectivity index (χ0n) is 9.17. The maximum atomic E-state index is 8.79. The molecule has 0 amide bonds. The summed E-state index contributed by atoms with van der Waals surface area (Å²) >= 11 is 0. The van der Waals surface area contributed by atoms with Crippen molar-refractivity contribution in [3.8, 4) is 11.4 Å². The van der Waals surface area contributed by atoms with E-state index in [-0.39, 0.29) is 6.61 Å². The second-order valence-corrected chi connectivity index (χ2v) is 3.67. The van der Waals surface area contributed by atoms with E-state index in [0.29, 0.717) is 13.0 Å². The Balaban J connectivity index is 2.29.